The molecule has 3 nitrogen and oxygen atoms in total. The van der Waals surface area contributed by atoms with E-state index in [1.807, 2.05) is 0 Å². The van der Waals surface area contributed by atoms with Crippen LogP contribution in [0, 0.1) is 24.7 Å². The van der Waals surface area contributed by atoms with E-state index in [0.717, 1.165) is 37.5 Å². The average molecular weight is 312 g/mol. The molecule has 3 heteroatoms. The highest BCUT2D eigenvalue weighted by molar-refractivity contribution is 5.77. The van der Waals surface area contributed by atoms with Gasteiger partial charge in [0, 0.05) is 24.0 Å². The quantitative estimate of drug-likeness (QED) is 0.351. The summed E-state index contributed by atoms with van der Waals surface area (Å²) in [7, 11) is 0. The molecule has 122 valence electrons. The first kappa shape index (κ1) is 18.7. The molecule has 23 heavy (non-hydrogen) atoms. The maximum absolute atomic E-state index is 11.2. The SMILES string of the molecule is C#CCCCOc1cc(C=O)cc(OCCCC#C)c1CCC. The molecular weight excluding hydrogens is 288 g/mol. The second kappa shape index (κ2) is 11.2. The van der Waals surface area contributed by atoms with Crippen LogP contribution in [-0.2, 0) is 6.42 Å². The van der Waals surface area contributed by atoms with E-state index in [4.69, 9.17) is 22.3 Å². The molecule has 0 aliphatic rings. The molecule has 0 spiro atoms. The summed E-state index contributed by atoms with van der Waals surface area (Å²) in [5.74, 6) is 6.60. The van der Waals surface area contributed by atoms with Crippen LogP contribution in [0.4, 0.5) is 0 Å². The molecule has 1 aromatic carbocycles. The summed E-state index contributed by atoms with van der Waals surface area (Å²) in [6.45, 7) is 3.15. The zero-order chi connectivity index (χ0) is 16.9. The Morgan fingerprint density at radius 2 is 1.57 bits per heavy atom. The van der Waals surface area contributed by atoms with E-state index in [-0.39, 0.29) is 0 Å². The van der Waals surface area contributed by atoms with Crippen LogP contribution in [0.5, 0.6) is 11.5 Å². The largest absolute Gasteiger partial charge is 0.493 e. The van der Waals surface area contributed by atoms with Gasteiger partial charge in [-0.1, -0.05) is 13.3 Å². The Bertz CT molecular complexity index is 533. The molecule has 0 amide bonds. The minimum Gasteiger partial charge on any atom is -0.493 e. The van der Waals surface area contributed by atoms with Gasteiger partial charge in [0.25, 0.3) is 0 Å². The van der Waals surface area contributed by atoms with E-state index in [0.29, 0.717) is 43.1 Å². The van der Waals surface area contributed by atoms with Crippen LogP contribution in [0.25, 0.3) is 0 Å². The summed E-state index contributed by atoms with van der Waals surface area (Å²) in [4.78, 5) is 11.2. The molecule has 0 aromatic heterocycles. The Morgan fingerprint density at radius 3 is 1.96 bits per heavy atom. The van der Waals surface area contributed by atoms with Gasteiger partial charge in [-0.15, -0.1) is 24.7 Å². The molecule has 0 radical (unpaired) electrons. The first-order valence-corrected chi connectivity index (χ1v) is 8.01. The Kier molecular flexibility index (Phi) is 9.10. The van der Waals surface area contributed by atoms with Crippen molar-refractivity contribution < 1.29 is 14.3 Å². The maximum Gasteiger partial charge on any atom is 0.150 e. The number of benzene rings is 1. The third kappa shape index (κ3) is 6.49. The van der Waals surface area contributed by atoms with Gasteiger partial charge >= 0.3 is 0 Å². The van der Waals surface area contributed by atoms with Gasteiger partial charge in [0.2, 0.25) is 0 Å². The number of ether oxygens (including phenoxy) is 2. The van der Waals surface area contributed by atoms with E-state index >= 15 is 0 Å². The number of hydrogen-bond acceptors (Lipinski definition) is 3. The van der Waals surface area contributed by atoms with Gasteiger partial charge in [-0.2, -0.15) is 0 Å². The van der Waals surface area contributed by atoms with Crippen LogP contribution in [0.15, 0.2) is 12.1 Å². The lowest BCUT2D eigenvalue weighted by atomic mass is 10.0. The molecule has 0 aliphatic heterocycles. The van der Waals surface area contributed by atoms with Gasteiger partial charge in [0.1, 0.15) is 17.8 Å². The molecule has 0 atom stereocenters. The average Bonchev–Trinajstić information content (AvgIpc) is 2.57. The summed E-state index contributed by atoms with van der Waals surface area (Å²) in [6, 6.07) is 3.53. The summed E-state index contributed by atoms with van der Waals surface area (Å²) in [5.41, 5.74) is 1.54. The maximum atomic E-state index is 11.2. The highest BCUT2D eigenvalue weighted by Crippen LogP contribution is 2.32. The molecule has 0 saturated carbocycles. The second-order valence-electron chi connectivity index (χ2n) is 5.18. The predicted octanol–water partition coefficient (Wildman–Crippen LogP) is 4.04. The molecule has 0 fully saturated rings. The molecule has 0 saturated heterocycles. The molecule has 0 heterocycles. The zero-order valence-electron chi connectivity index (χ0n) is 13.8. The minimum atomic E-state index is 0.528. The molecule has 0 unspecified atom stereocenters. The van der Waals surface area contributed by atoms with Crippen LogP contribution in [0.2, 0.25) is 0 Å². The van der Waals surface area contributed by atoms with Gasteiger partial charge in [-0.25, -0.2) is 0 Å². The standard InChI is InChI=1S/C20H24O3/c1-4-7-9-12-22-19-14-17(16-21)15-20(18(19)11-6-3)23-13-10-8-5-2/h1-2,14-16H,6-13H2,3H3. The van der Waals surface area contributed by atoms with Crippen molar-refractivity contribution in [3.8, 4) is 36.2 Å². The first-order chi connectivity index (χ1) is 11.3. The lowest BCUT2D eigenvalue weighted by Gasteiger charge is -2.17. The molecule has 1 rings (SSSR count). The molecule has 0 bridgehead atoms. The minimum absolute atomic E-state index is 0.528. The van der Waals surface area contributed by atoms with Crippen molar-refractivity contribution in [2.24, 2.45) is 0 Å². The van der Waals surface area contributed by atoms with Gasteiger partial charge in [-0.05, 0) is 31.4 Å². The van der Waals surface area contributed by atoms with Crippen molar-refractivity contribution in [1.82, 2.24) is 0 Å². The van der Waals surface area contributed by atoms with E-state index in [2.05, 4.69) is 18.8 Å². The van der Waals surface area contributed by atoms with Crippen LogP contribution in [0.3, 0.4) is 0 Å². The third-order valence-corrected chi connectivity index (χ3v) is 3.27. The lowest BCUT2D eigenvalue weighted by Crippen LogP contribution is -2.06. The Labute approximate surface area is 139 Å². The van der Waals surface area contributed by atoms with Crippen LogP contribution >= 0.6 is 0 Å². The normalized spacial score (nSPS) is 9.70. The Hall–Kier alpha value is -2.39. The summed E-state index contributed by atoms with van der Waals surface area (Å²) in [6.07, 6.45) is 16.0. The zero-order valence-corrected chi connectivity index (χ0v) is 13.8. The topological polar surface area (TPSA) is 35.5 Å². The Morgan fingerprint density at radius 1 is 1.04 bits per heavy atom. The number of aldehydes is 1. The van der Waals surface area contributed by atoms with Crippen molar-refractivity contribution in [2.75, 3.05) is 13.2 Å². The summed E-state index contributed by atoms with van der Waals surface area (Å²) >= 11 is 0. The molecular formula is C20H24O3. The number of rotatable bonds is 11. The number of hydrogen-bond donors (Lipinski definition) is 0. The highest BCUT2D eigenvalue weighted by atomic mass is 16.5. The monoisotopic (exact) mass is 312 g/mol. The van der Waals surface area contributed by atoms with Crippen molar-refractivity contribution in [2.45, 2.75) is 45.4 Å². The van der Waals surface area contributed by atoms with Gasteiger partial charge in [0.05, 0.1) is 13.2 Å². The number of carbonyl (C=O) groups excluding carboxylic acids is 1. The van der Waals surface area contributed by atoms with E-state index in [1.165, 1.54) is 0 Å². The third-order valence-electron chi connectivity index (χ3n) is 3.27. The van der Waals surface area contributed by atoms with Gasteiger partial charge in [0.15, 0.2) is 0 Å². The van der Waals surface area contributed by atoms with Crippen LogP contribution in [-0.4, -0.2) is 19.5 Å². The fraction of sp³-hybridized carbons (Fsp3) is 0.450. The molecule has 0 aliphatic carbocycles. The molecule has 1 aromatic rings. The van der Waals surface area contributed by atoms with Crippen molar-refractivity contribution in [1.29, 1.82) is 0 Å². The van der Waals surface area contributed by atoms with Crippen LogP contribution in [0.1, 0.15) is 54.9 Å². The lowest BCUT2D eigenvalue weighted by molar-refractivity contribution is 0.112. The van der Waals surface area contributed by atoms with Gasteiger partial charge in [-0.3, -0.25) is 4.79 Å². The fourth-order valence-corrected chi connectivity index (χ4v) is 2.17. The number of unbranched alkanes of at least 4 members (excludes halogenated alkanes) is 2. The Balaban J connectivity index is 2.93. The smallest absolute Gasteiger partial charge is 0.150 e. The second-order valence-corrected chi connectivity index (χ2v) is 5.18. The number of carbonyl (C=O) groups is 1. The summed E-state index contributed by atoms with van der Waals surface area (Å²) < 4.78 is 11.7. The van der Waals surface area contributed by atoms with Crippen LogP contribution < -0.4 is 9.47 Å². The fourth-order valence-electron chi connectivity index (χ4n) is 2.17. The van der Waals surface area contributed by atoms with Crippen molar-refractivity contribution in [3.63, 3.8) is 0 Å². The number of terminal acetylenes is 2. The van der Waals surface area contributed by atoms with E-state index in [9.17, 15) is 4.79 Å². The van der Waals surface area contributed by atoms with Crippen molar-refractivity contribution in [3.05, 3.63) is 23.3 Å². The van der Waals surface area contributed by atoms with Gasteiger partial charge < -0.3 is 9.47 Å². The first-order valence-electron chi connectivity index (χ1n) is 8.01. The summed E-state index contributed by atoms with van der Waals surface area (Å²) in [5, 5.41) is 0. The molecule has 0 N–H and O–H groups in total. The van der Waals surface area contributed by atoms with Crippen molar-refractivity contribution >= 4 is 6.29 Å². The highest BCUT2D eigenvalue weighted by Gasteiger charge is 2.13. The van der Waals surface area contributed by atoms with E-state index < -0.39 is 0 Å². The predicted molar refractivity (Wildman–Crippen MR) is 92.9 cm³/mol. The van der Waals surface area contributed by atoms with E-state index in [1.54, 1.807) is 12.1 Å².